The number of ether oxygens (including phenoxy) is 1. The van der Waals surface area contributed by atoms with Gasteiger partial charge in [0.25, 0.3) is 0 Å². The number of hydrogen-bond donors (Lipinski definition) is 2. The molecule has 1 aromatic carbocycles. The van der Waals surface area contributed by atoms with Crippen molar-refractivity contribution in [2.75, 3.05) is 25.6 Å². The van der Waals surface area contributed by atoms with Gasteiger partial charge in [-0.05, 0) is 24.5 Å². The number of hydrogen-bond acceptors (Lipinski definition) is 3. The molecule has 0 saturated heterocycles. The molecule has 0 aromatic heterocycles. The van der Waals surface area contributed by atoms with Crippen molar-refractivity contribution in [3.05, 3.63) is 23.8 Å². The highest BCUT2D eigenvalue weighted by molar-refractivity contribution is 5.55. The summed E-state index contributed by atoms with van der Waals surface area (Å²) in [4.78, 5) is 0. The van der Waals surface area contributed by atoms with Gasteiger partial charge >= 0.3 is 0 Å². The van der Waals surface area contributed by atoms with E-state index in [1.165, 1.54) is 0 Å². The van der Waals surface area contributed by atoms with Crippen molar-refractivity contribution < 1.29 is 9.84 Å². The molecule has 0 saturated carbocycles. The fraction of sp³-hybridized carbons (Fsp3) is 0.500. The van der Waals surface area contributed by atoms with Crippen molar-refractivity contribution >= 4 is 5.69 Å². The molecule has 0 heterocycles. The molecule has 0 fully saturated rings. The largest absolute Gasteiger partial charge is 0.497 e. The van der Waals surface area contributed by atoms with E-state index < -0.39 is 0 Å². The van der Waals surface area contributed by atoms with Gasteiger partial charge in [0.2, 0.25) is 0 Å². The lowest BCUT2D eigenvalue weighted by Gasteiger charge is -2.12. The van der Waals surface area contributed by atoms with E-state index in [4.69, 9.17) is 9.84 Å². The smallest absolute Gasteiger partial charge is 0.120 e. The fourth-order valence-electron chi connectivity index (χ4n) is 1.45. The molecular formula is C12H19NO2. The molecule has 3 nitrogen and oxygen atoms in total. The summed E-state index contributed by atoms with van der Waals surface area (Å²) in [6.07, 6.45) is 1.76. The highest BCUT2D eigenvalue weighted by Crippen LogP contribution is 2.22. The van der Waals surface area contributed by atoms with Crippen molar-refractivity contribution in [2.24, 2.45) is 0 Å². The minimum atomic E-state index is 0.174. The van der Waals surface area contributed by atoms with Gasteiger partial charge in [-0.25, -0.2) is 0 Å². The van der Waals surface area contributed by atoms with Crippen LogP contribution in [0.4, 0.5) is 5.69 Å². The molecule has 0 amide bonds. The zero-order valence-corrected chi connectivity index (χ0v) is 9.42. The van der Waals surface area contributed by atoms with E-state index in [-0.39, 0.29) is 6.61 Å². The SMILES string of the molecule is CCCNc1cc(OC)ccc1CCO. The Morgan fingerprint density at radius 2 is 2.20 bits per heavy atom. The topological polar surface area (TPSA) is 41.5 Å². The summed E-state index contributed by atoms with van der Waals surface area (Å²) in [6, 6.07) is 5.88. The third-order valence-corrected chi connectivity index (χ3v) is 2.26. The molecule has 0 bridgehead atoms. The molecule has 84 valence electrons. The van der Waals surface area contributed by atoms with E-state index in [2.05, 4.69) is 12.2 Å². The Balaban J connectivity index is 2.83. The summed E-state index contributed by atoms with van der Waals surface area (Å²) < 4.78 is 5.17. The molecule has 0 atom stereocenters. The van der Waals surface area contributed by atoms with E-state index in [9.17, 15) is 0 Å². The van der Waals surface area contributed by atoms with Crippen LogP contribution in [0.1, 0.15) is 18.9 Å². The lowest BCUT2D eigenvalue weighted by molar-refractivity contribution is 0.299. The summed E-state index contributed by atoms with van der Waals surface area (Å²) in [7, 11) is 1.66. The minimum absolute atomic E-state index is 0.174. The van der Waals surface area contributed by atoms with Crippen LogP contribution in [-0.4, -0.2) is 25.4 Å². The molecule has 3 heteroatoms. The average Bonchev–Trinajstić information content (AvgIpc) is 2.28. The normalized spacial score (nSPS) is 10.1. The molecule has 0 aliphatic heterocycles. The Morgan fingerprint density at radius 1 is 1.40 bits per heavy atom. The van der Waals surface area contributed by atoms with Gasteiger partial charge in [0.15, 0.2) is 0 Å². The third kappa shape index (κ3) is 3.44. The lowest BCUT2D eigenvalue weighted by atomic mass is 10.1. The van der Waals surface area contributed by atoms with Crippen LogP contribution >= 0.6 is 0 Å². The average molecular weight is 209 g/mol. The summed E-state index contributed by atoms with van der Waals surface area (Å²) in [5, 5.41) is 12.3. The van der Waals surface area contributed by atoms with Crippen LogP contribution in [0.25, 0.3) is 0 Å². The van der Waals surface area contributed by atoms with Gasteiger partial charge in [0, 0.05) is 24.9 Å². The molecule has 2 N–H and O–H groups in total. The predicted octanol–water partition coefficient (Wildman–Crippen LogP) is 2.05. The monoisotopic (exact) mass is 209 g/mol. The van der Waals surface area contributed by atoms with Crippen molar-refractivity contribution in [1.29, 1.82) is 0 Å². The zero-order chi connectivity index (χ0) is 11.1. The molecule has 0 spiro atoms. The fourth-order valence-corrected chi connectivity index (χ4v) is 1.45. The van der Waals surface area contributed by atoms with Crippen LogP contribution < -0.4 is 10.1 Å². The maximum atomic E-state index is 8.94. The maximum absolute atomic E-state index is 8.94. The summed E-state index contributed by atoms with van der Waals surface area (Å²) >= 11 is 0. The molecule has 0 unspecified atom stereocenters. The number of methoxy groups -OCH3 is 1. The Hall–Kier alpha value is -1.22. The van der Waals surface area contributed by atoms with Crippen molar-refractivity contribution in [1.82, 2.24) is 0 Å². The van der Waals surface area contributed by atoms with Gasteiger partial charge in [-0.3, -0.25) is 0 Å². The van der Waals surface area contributed by atoms with Gasteiger partial charge in [-0.1, -0.05) is 13.0 Å². The first-order valence-corrected chi connectivity index (χ1v) is 5.33. The maximum Gasteiger partial charge on any atom is 0.120 e. The summed E-state index contributed by atoms with van der Waals surface area (Å²) in [5.74, 6) is 0.843. The number of aliphatic hydroxyl groups is 1. The van der Waals surface area contributed by atoms with E-state index in [1.807, 2.05) is 18.2 Å². The second-order valence-electron chi connectivity index (χ2n) is 3.42. The van der Waals surface area contributed by atoms with Crippen molar-refractivity contribution in [3.63, 3.8) is 0 Å². The Bertz CT molecular complexity index is 300. The van der Waals surface area contributed by atoms with E-state index >= 15 is 0 Å². The van der Waals surface area contributed by atoms with Crippen LogP contribution in [0.3, 0.4) is 0 Å². The van der Waals surface area contributed by atoms with Crippen molar-refractivity contribution in [2.45, 2.75) is 19.8 Å². The van der Waals surface area contributed by atoms with Gasteiger partial charge in [-0.2, -0.15) is 0 Å². The van der Waals surface area contributed by atoms with Crippen LogP contribution in [0.5, 0.6) is 5.75 Å². The second-order valence-corrected chi connectivity index (χ2v) is 3.42. The number of anilines is 1. The van der Waals surface area contributed by atoms with Crippen molar-refractivity contribution in [3.8, 4) is 5.75 Å². The molecule has 1 rings (SSSR count). The first kappa shape index (κ1) is 11.9. The van der Waals surface area contributed by atoms with Gasteiger partial charge in [0.1, 0.15) is 5.75 Å². The Morgan fingerprint density at radius 3 is 2.80 bits per heavy atom. The molecule has 15 heavy (non-hydrogen) atoms. The third-order valence-electron chi connectivity index (χ3n) is 2.26. The molecule has 0 aliphatic rings. The van der Waals surface area contributed by atoms with E-state index in [0.717, 1.165) is 30.0 Å². The summed E-state index contributed by atoms with van der Waals surface area (Å²) in [6.45, 7) is 3.23. The first-order chi connectivity index (χ1) is 7.31. The minimum Gasteiger partial charge on any atom is -0.497 e. The number of benzene rings is 1. The number of aliphatic hydroxyl groups excluding tert-OH is 1. The highest BCUT2D eigenvalue weighted by atomic mass is 16.5. The Labute approximate surface area is 91.1 Å². The zero-order valence-electron chi connectivity index (χ0n) is 9.42. The van der Waals surface area contributed by atoms with Gasteiger partial charge in [0.05, 0.1) is 7.11 Å². The van der Waals surface area contributed by atoms with Crippen LogP contribution in [-0.2, 0) is 6.42 Å². The molecular weight excluding hydrogens is 190 g/mol. The van der Waals surface area contributed by atoms with Crippen LogP contribution in [0.2, 0.25) is 0 Å². The summed E-state index contributed by atoms with van der Waals surface area (Å²) in [5.41, 5.74) is 2.19. The van der Waals surface area contributed by atoms with Crippen LogP contribution in [0, 0.1) is 0 Å². The molecule has 1 aromatic rings. The first-order valence-electron chi connectivity index (χ1n) is 5.33. The highest BCUT2D eigenvalue weighted by Gasteiger charge is 2.03. The van der Waals surface area contributed by atoms with E-state index in [1.54, 1.807) is 7.11 Å². The van der Waals surface area contributed by atoms with E-state index in [0.29, 0.717) is 6.42 Å². The van der Waals surface area contributed by atoms with Gasteiger partial charge in [-0.15, -0.1) is 0 Å². The Kier molecular flexibility index (Phi) is 4.98. The van der Waals surface area contributed by atoms with Gasteiger partial charge < -0.3 is 15.2 Å². The molecule has 0 radical (unpaired) electrons. The predicted molar refractivity (Wildman–Crippen MR) is 62.6 cm³/mol. The van der Waals surface area contributed by atoms with Crippen LogP contribution in [0.15, 0.2) is 18.2 Å². The number of nitrogens with one attached hydrogen (secondary N) is 1. The molecule has 0 aliphatic carbocycles. The second kappa shape index (κ2) is 6.30. The number of rotatable bonds is 6. The standard InChI is InChI=1S/C12H19NO2/c1-3-7-13-12-9-11(15-2)5-4-10(12)6-8-14/h4-5,9,13-14H,3,6-8H2,1-2H3. The lowest BCUT2D eigenvalue weighted by Crippen LogP contribution is -2.04. The quantitative estimate of drug-likeness (QED) is 0.753.